The summed E-state index contributed by atoms with van der Waals surface area (Å²) >= 11 is 0. The van der Waals surface area contributed by atoms with Gasteiger partial charge in [0.25, 0.3) is 0 Å². The van der Waals surface area contributed by atoms with Crippen molar-refractivity contribution in [1.82, 2.24) is 10.3 Å². The normalized spacial score (nSPS) is 9.92. The van der Waals surface area contributed by atoms with Crippen LogP contribution in [0.2, 0.25) is 0 Å². The fourth-order valence-corrected chi connectivity index (χ4v) is 2.38. The van der Waals surface area contributed by atoms with Crippen LogP contribution >= 0.6 is 0 Å². The molecule has 0 spiro atoms. The highest BCUT2D eigenvalue weighted by atomic mass is 16.5. The molecule has 1 aromatic heterocycles. The second-order valence-electron chi connectivity index (χ2n) is 5.44. The standard InChI is InChI=1S/C21H18N2O2/c24-21(25-16-17-7-2-1-3-8-17)23-13-5-4-9-18-10-6-11-19-12-14-22-15-20(18)19/h1-3,6-8,10-12,14-15H,5,13,16H2,(H,23,24). The number of alkyl carbamates (subject to hydrolysis) is 1. The van der Waals surface area contributed by atoms with Crippen molar-refractivity contribution in [1.29, 1.82) is 0 Å². The number of benzene rings is 2. The highest BCUT2D eigenvalue weighted by Gasteiger charge is 2.01. The van der Waals surface area contributed by atoms with Crippen LogP contribution in [0.4, 0.5) is 4.79 Å². The van der Waals surface area contributed by atoms with E-state index in [2.05, 4.69) is 22.1 Å². The molecule has 0 aliphatic heterocycles. The molecule has 0 unspecified atom stereocenters. The highest BCUT2D eigenvalue weighted by Crippen LogP contribution is 2.16. The quantitative estimate of drug-likeness (QED) is 0.583. The van der Waals surface area contributed by atoms with Crippen molar-refractivity contribution in [2.75, 3.05) is 6.54 Å². The van der Waals surface area contributed by atoms with E-state index in [1.807, 2.05) is 60.8 Å². The van der Waals surface area contributed by atoms with E-state index in [0.717, 1.165) is 21.9 Å². The summed E-state index contributed by atoms with van der Waals surface area (Å²) in [5.41, 5.74) is 1.90. The van der Waals surface area contributed by atoms with Crippen LogP contribution in [-0.2, 0) is 11.3 Å². The molecule has 0 aliphatic carbocycles. The molecule has 25 heavy (non-hydrogen) atoms. The Labute approximate surface area is 146 Å². The zero-order valence-electron chi connectivity index (χ0n) is 13.7. The molecule has 0 saturated carbocycles. The van der Waals surface area contributed by atoms with Crippen molar-refractivity contribution < 1.29 is 9.53 Å². The summed E-state index contributed by atoms with van der Waals surface area (Å²) in [5, 5.41) is 4.85. The summed E-state index contributed by atoms with van der Waals surface area (Å²) in [6, 6.07) is 17.5. The van der Waals surface area contributed by atoms with Crippen molar-refractivity contribution in [3.63, 3.8) is 0 Å². The molecule has 3 rings (SSSR count). The van der Waals surface area contributed by atoms with E-state index in [-0.39, 0.29) is 6.61 Å². The lowest BCUT2D eigenvalue weighted by Crippen LogP contribution is -2.24. The topological polar surface area (TPSA) is 51.2 Å². The Kier molecular flexibility index (Phi) is 5.63. The Morgan fingerprint density at radius 3 is 2.84 bits per heavy atom. The average Bonchev–Trinajstić information content (AvgIpc) is 2.67. The first-order chi connectivity index (χ1) is 12.3. The van der Waals surface area contributed by atoms with Gasteiger partial charge in [0.05, 0.1) is 0 Å². The number of amides is 1. The van der Waals surface area contributed by atoms with E-state index in [9.17, 15) is 4.79 Å². The van der Waals surface area contributed by atoms with Crippen molar-refractivity contribution in [2.45, 2.75) is 13.0 Å². The Morgan fingerprint density at radius 1 is 1.08 bits per heavy atom. The first kappa shape index (κ1) is 16.5. The zero-order valence-corrected chi connectivity index (χ0v) is 13.7. The Morgan fingerprint density at radius 2 is 1.96 bits per heavy atom. The molecule has 2 aromatic carbocycles. The summed E-state index contributed by atoms with van der Waals surface area (Å²) in [6.07, 6.45) is 3.71. The highest BCUT2D eigenvalue weighted by molar-refractivity contribution is 5.87. The number of aromatic nitrogens is 1. The molecule has 0 atom stereocenters. The monoisotopic (exact) mass is 330 g/mol. The van der Waals surface area contributed by atoms with Gasteiger partial charge in [0.15, 0.2) is 0 Å². The lowest BCUT2D eigenvalue weighted by molar-refractivity contribution is 0.140. The minimum absolute atomic E-state index is 0.265. The molecule has 124 valence electrons. The molecule has 4 heteroatoms. The summed E-state index contributed by atoms with van der Waals surface area (Å²) in [7, 11) is 0. The Bertz CT molecular complexity index is 906. The lowest BCUT2D eigenvalue weighted by atomic mass is 10.1. The number of nitrogens with zero attached hydrogens (tertiary/aromatic N) is 1. The largest absolute Gasteiger partial charge is 0.445 e. The molecular weight excluding hydrogens is 312 g/mol. The van der Waals surface area contributed by atoms with E-state index >= 15 is 0 Å². The number of hydrogen-bond acceptors (Lipinski definition) is 3. The lowest BCUT2D eigenvalue weighted by Gasteiger charge is -2.05. The number of carbonyl (C=O) groups is 1. The van der Waals surface area contributed by atoms with Gasteiger partial charge in [-0.15, -0.1) is 0 Å². The van der Waals surface area contributed by atoms with Gasteiger partial charge in [0.2, 0.25) is 0 Å². The minimum atomic E-state index is -0.431. The minimum Gasteiger partial charge on any atom is -0.445 e. The maximum absolute atomic E-state index is 11.6. The van der Waals surface area contributed by atoms with Gasteiger partial charge in [0, 0.05) is 36.3 Å². The smallest absolute Gasteiger partial charge is 0.407 e. The zero-order chi connectivity index (χ0) is 17.3. The number of rotatable bonds is 4. The molecule has 1 heterocycles. The van der Waals surface area contributed by atoms with Gasteiger partial charge in [-0.25, -0.2) is 4.79 Å². The van der Waals surface area contributed by atoms with Crippen LogP contribution in [0.25, 0.3) is 10.8 Å². The molecule has 0 fully saturated rings. The third-order valence-electron chi connectivity index (χ3n) is 3.64. The van der Waals surface area contributed by atoms with Gasteiger partial charge in [-0.05, 0) is 23.1 Å². The fourth-order valence-electron chi connectivity index (χ4n) is 2.38. The van der Waals surface area contributed by atoms with Crippen LogP contribution in [0.15, 0.2) is 67.0 Å². The molecule has 3 aromatic rings. The maximum Gasteiger partial charge on any atom is 0.407 e. The van der Waals surface area contributed by atoms with E-state index < -0.39 is 6.09 Å². The van der Waals surface area contributed by atoms with Crippen molar-refractivity contribution in [2.24, 2.45) is 0 Å². The van der Waals surface area contributed by atoms with Crippen LogP contribution in [0, 0.1) is 11.8 Å². The van der Waals surface area contributed by atoms with Gasteiger partial charge < -0.3 is 10.1 Å². The molecular formula is C21H18N2O2. The van der Waals surface area contributed by atoms with Gasteiger partial charge in [-0.1, -0.05) is 54.3 Å². The summed E-state index contributed by atoms with van der Waals surface area (Å²) in [4.78, 5) is 15.8. The van der Waals surface area contributed by atoms with Gasteiger partial charge in [-0.3, -0.25) is 4.98 Å². The summed E-state index contributed by atoms with van der Waals surface area (Å²) < 4.78 is 5.14. The number of fused-ring (bicyclic) bond motifs is 1. The van der Waals surface area contributed by atoms with E-state index in [4.69, 9.17) is 4.74 Å². The fraction of sp³-hybridized carbons (Fsp3) is 0.143. The van der Waals surface area contributed by atoms with Crippen LogP contribution in [0.5, 0.6) is 0 Å². The molecule has 0 aliphatic rings. The number of pyridine rings is 1. The van der Waals surface area contributed by atoms with Crippen molar-refractivity contribution >= 4 is 16.9 Å². The number of ether oxygens (including phenoxy) is 1. The molecule has 1 amide bonds. The number of carbonyl (C=O) groups excluding carboxylic acids is 1. The first-order valence-corrected chi connectivity index (χ1v) is 8.09. The van der Waals surface area contributed by atoms with Crippen LogP contribution in [0.3, 0.4) is 0 Å². The van der Waals surface area contributed by atoms with Crippen molar-refractivity contribution in [3.8, 4) is 11.8 Å². The Hall–Kier alpha value is -3.32. The molecule has 4 nitrogen and oxygen atoms in total. The van der Waals surface area contributed by atoms with Crippen LogP contribution in [-0.4, -0.2) is 17.6 Å². The number of nitrogens with one attached hydrogen (secondary N) is 1. The Balaban J connectivity index is 1.45. The third kappa shape index (κ3) is 4.82. The average molecular weight is 330 g/mol. The molecule has 0 bridgehead atoms. The van der Waals surface area contributed by atoms with Gasteiger partial charge in [-0.2, -0.15) is 0 Å². The number of hydrogen-bond donors (Lipinski definition) is 1. The third-order valence-corrected chi connectivity index (χ3v) is 3.64. The van der Waals surface area contributed by atoms with Gasteiger partial charge >= 0.3 is 6.09 Å². The maximum atomic E-state index is 11.6. The molecule has 0 saturated heterocycles. The second-order valence-corrected chi connectivity index (χ2v) is 5.44. The van der Waals surface area contributed by atoms with E-state index in [1.54, 1.807) is 6.20 Å². The second kappa shape index (κ2) is 8.51. The van der Waals surface area contributed by atoms with E-state index in [1.165, 1.54) is 0 Å². The van der Waals surface area contributed by atoms with Crippen LogP contribution < -0.4 is 5.32 Å². The van der Waals surface area contributed by atoms with Gasteiger partial charge in [0.1, 0.15) is 6.61 Å². The predicted molar refractivity (Wildman–Crippen MR) is 97.9 cm³/mol. The van der Waals surface area contributed by atoms with Crippen molar-refractivity contribution in [3.05, 3.63) is 78.1 Å². The molecule has 1 N–H and O–H groups in total. The van der Waals surface area contributed by atoms with Crippen LogP contribution in [0.1, 0.15) is 17.5 Å². The first-order valence-electron chi connectivity index (χ1n) is 8.09. The molecule has 0 radical (unpaired) electrons. The predicted octanol–water partition coefficient (Wildman–Crippen LogP) is 3.90. The SMILES string of the molecule is O=C(NCCC#Cc1cccc2ccncc12)OCc1ccccc1. The van der Waals surface area contributed by atoms with E-state index in [0.29, 0.717) is 13.0 Å². The summed E-state index contributed by atoms with van der Waals surface area (Å²) in [5.74, 6) is 6.21. The summed E-state index contributed by atoms with van der Waals surface area (Å²) in [6.45, 7) is 0.713.